The molecule has 2 rings (SSSR count). The maximum Gasteiger partial charge on any atom is 0.226 e. The van der Waals surface area contributed by atoms with Crippen molar-refractivity contribution in [2.45, 2.75) is 20.3 Å². The Labute approximate surface area is 154 Å². The average Bonchev–Trinajstić information content (AvgIpc) is 2.63. The number of methoxy groups -OCH3 is 1. The van der Waals surface area contributed by atoms with Gasteiger partial charge in [-0.2, -0.15) is 0 Å². The number of ether oxygens (including phenoxy) is 2. The van der Waals surface area contributed by atoms with Crippen LogP contribution in [0.1, 0.15) is 28.4 Å². The number of carbonyl (C=O) groups is 2. The van der Waals surface area contributed by atoms with E-state index in [2.05, 4.69) is 0 Å². The van der Waals surface area contributed by atoms with Crippen LogP contribution < -0.4 is 9.47 Å². The first-order valence-electron chi connectivity index (χ1n) is 8.52. The van der Waals surface area contributed by atoms with Crippen molar-refractivity contribution < 1.29 is 19.1 Å². The summed E-state index contributed by atoms with van der Waals surface area (Å²) < 4.78 is 11.0. The zero-order valence-electron chi connectivity index (χ0n) is 15.7. The number of ketones is 1. The van der Waals surface area contributed by atoms with Crippen molar-refractivity contribution in [2.24, 2.45) is 0 Å². The Kier molecular flexibility index (Phi) is 6.78. The highest BCUT2D eigenvalue weighted by atomic mass is 16.5. The predicted octanol–water partition coefficient (Wildman–Crippen LogP) is 3.29. The summed E-state index contributed by atoms with van der Waals surface area (Å²) in [6, 6.07) is 12.9. The Hall–Kier alpha value is -2.82. The molecule has 1 amide bonds. The second-order valence-corrected chi connectivity index (χ2v) is 6.24. The lowest BCUT2D eigenvalue weighted by molar-refractivity contribution is -0.129. The van der Waals surface area contributed by atoms with Crippen LogP contribution in [0.4, 0.5) is 0 Å². The molecule has 0 spiro atoms. The number of benzene rings is 2. The molecule has 0 aliphatic rings. The molecule has 0 heterocycles. The van der Waals surface area contributed by atoms with Gasteiger partial charge in [0.1, 0.15) is 18.1 Å². The molecular weight excluding hydrogens is 330 g/mol. The van der Waals surface area contributed by atoms with E-state index in [-0.39, 0.29) is 18.1 Å². The van der Waals surface area contributed by atoms with Gasteiger partial charge in [-0.3, -0.25) is 9.59 Å². The Balaban J connectivity index is 1.93. The Morgan fingerprint density at radius 2 is 1.77 bits per heavy atom. The SMILES string of the molecule is COc1ccc(C(C)=O)cc1CC(=O)N(C)CCOc1ccc(C)cc1. The zero-order valence-corrected chi connectivity index (χ0v) is 15.7. The van der Waals surface area contributed by atoms with Gasteiger partial charge in [0.15, 0.2) is 5.78 Å². The fraction of sp³-hybridized carbons (Fsp3) is 0.333. The van der Waals surface area contributed by atoms with E-state index in [1.165, 1.54) is 12.5 Å². The minimum Gasteiger partial charge on any atom is -0.496 e. The summed E-state index contributed by atoms with van der Waals surface area (Å²) in [5, 5.41) is 0. The monoisotopic (exact) mass is 355 g/mol. The Morgan fingerprint density at radius 3 is 2.38 bits per heavy atom. The molecule has 0 radical (unpaired) electrons. The molecule has 0 aliphatic carbocycles. The van der Waals surface area contributed by atoms with E-state index in [1.54, 1.807) is 37.3 Å². The zero-order chi connectivity index (χ0) is 19.1. The molecule has 138 valence electrons. The van der Waals surface area contributed by atoms with E-state index in [0.29, 0.717) is 30.0 Å². The Bertz CT molecular complexity index is 768. The van der Waals surface area contributed by atoms with Gasteiger partial charge in [0.05, 0.1) is 20.1 Å². The van der Waals surface area contributed by atoms with E-state index in [9.17, 15) is 9.59 Å². The molecule has 5 heteroatoms. The van der Waals surface area contributed by atoms with Gasteiger partial charge in [0.2, 0.25) is 5.91 Å². The fourth-order valence-electron chi connectivity index (χ4n) is 2.49. The van der Waals surface area contributed by atoms with Gasteiger partial charge >= 0.3 is 0 Å². The highest BCUT2D eigenvalue weighted by Gasteiger charge is 2.14. The third-order valence-electron chi connectivity index (χ3n) is 4.17. The molecular formula is C21H25NO4. The van der Waals surface area contributed by atoms with Gasteiger partial charge in [0, 0.05) is 18.2 Å². The third-order valence-corrected chi connectivity index (χ3v) is 4.17. The molecule has 0 N–H and O–H groups in total. The molecule has 26 heavy (non-hydrogen) atoms. The van der Waals surface area contributed by atoms with Crippen molar-refractivity contribution in [3.8, 4) is 11.5 Å². The quantitative estimate of drug-likeness (QED) is 0.682. The summed E-state index contributed by atoms with van der Waals surface area (Å²) in [6.07, 6.45) is 0.172. The summed E-state index contributed by atoms with van der Waals surface area (Å²) in [6.45, 7) is 4.41. The van der Waals surface area contributed by atoms with Crippen LogP contribution in [0.2, 0.25) is 0 Å². The molecule has 2 aromatic rings. The molecule has 0 atom stereocenters. The van der Waals surface area contributed by atoms with Crippen LogP contribution in [-0.4, -0.2) is 43.9 Å². The van der Waals surface area contributed by atoms with Gasteiger partial charge < -0.3 is 14.4 Å². The second-order valence-electron chi connectivity index (χ2n) is 6.24. The lowest BCUT2D eigenvalue weighted by Crippen LogP contribution is -2.32. The topological polar surface area (TPSA) is 55.8 Å². The van der Waals surface area contributed by atoms with Gasteiger partial charge in [-0.15, -0.1) is 0 Å². The molecule has 0 fully saturated rings. The van der Waals surface area contributed by atoms with Crippen molar-refractivity contribution >= 4 is 11.7 Å². The van der Waals surface area contributed by atoms with Gasteiger partial charge in [0.25, 0.3) is 0 Å². The predicted molar refractivity (Wildman–Crippen MR) is 101 cm³/mol. The minimum atomic E-state index is -0.0588. The summed E-state index contributed by atoms with van der Waals surface area (Å²) in [5.74, 6) is 1.29. The van der Waals surface area contributed by atoms with Crippen LogP contribution in [0.25, 0.3) is 0 Å². The maximum absolute atomic E-state index is 12.5. The first-order valence-corrected chi connectivity index (χ1v) is 8.52. The highest BCUT2D eigenvalue weighted by Crippen LogP contribution is 2.21. The summed E-state index contributed by atoms with van der Waals surface area (Å²) in [7, 11) is 3.29. The number of likely N-dealkylation sites (N-methyl/N-ethyl adjacent to an activating group) is 1. The van der Waals surface area contributed by atoms with E-state index in [0.717, 1.165) is 5.75 Å². The third kappa shape index (κ3) is 5.34. The van der Waals surface area contributed by atoms with Crippen LogP contribution in [0.15, 0.2) is 42.5 Å². The standard InChI is InChI=1S/C21H25NO4/c1-15-5-8-19(9-6-15)26-12-11-22(3)21(24)14-18-13-17(16(2)23)7-10-20(18)25-4/h5-10,13H,11-12,14H2,1-4H3. The number of aryl methyl sites for hydroxylation is 1. The number of nitrogens with zero attached hydrogens (tertiary/aromatic N) is 1. The first kappa shape index (κ1) is 19.5. The lowest BCUT2D eigenvalue weighted by atomic mass is 10.0. The van der Waals surface area contributed by atoms with Crippen LogP contribution in [0.5, 0.6) is 11.5 Å². The van der Waals surface area contributed by atoms with E-state index in [4.69, 9.17) is 9.47 Å². The highest BCUT2D eigenvalue weighted by molar-refractivity contribution is 5.94. The van der Waals surface area contributed by atoms with Crippen molar-refractivity contribution in [2.75, 3.05) is 27.3 Å². The number of hydrogen-bond donors (Lipinski definition) is 0. The Morgan fingerprint density at radius 1 is 1.08 bits per heavy atom. The fourth-order valence-corrected chi connectivity index (χ4v) is 2.49. The summed E-state index contributed by atoms with van der Waals surface area (Å²) in [4.78, 5) is 25.7. The largest absolute Gasteiger partial charge is 0.496 e. The molecule has 0 aromatic heterocycles. The number of hydrogen-bond acceptors (Lipinski definition) is 4. The maximum atomic E-state index is 12.5. The van der Waals surface area contributed by atoms with E-state index >= 15 is 0 Å². The van der Waals surface area contributed by atoms with Gasteiger partial charge in [-0.25, -0.2) is 0 Å². The van der Waals surface area contributed by atoms with Crippen LogP contribution in [-0.2, 0) is 11.2 Å². The molecule has 0 saturated carbocycles. The minimum absolute atomic E-state index is 0.0406. The van der Waals surface area contributed by atoms with Crippen LogP contribution in [0, 0.1) is 6.92 Å². The number of amides is 1. The number of rotatable bonds is 8. The van der Waals surface area contributed by atoms with Gasteiger partial charge in [-0.1, -0.05) is 17.7 Å². The van der Waals surface area contributed by atoms with E-state index < -0.39 is 0 Å². The smallest absolute Gasteiger partial charge is 0.226 e. The second kappa shape index (κ2) is 9.04. The molecule has 0 unspecified atom stereocenters. The summed E-state index contributed by atoms with van der Waals surface area (Å²) in [5.41, 5.74) is 2.45. The molecule has 2 aromatic carbocycles. The number of Topliss-reactive ketones (excluding diaryl/α,β-unsaturated/α-hetero) is 1. The van der Waals surface area contributed by atoms with Crippen molar-refractivity contribution in [1.29, 1.82) is 0 Å². The van der Waals surface area contributed by atoms with Crippen LogP contribution in [0.3, 0.4) is 0 Å². The van der Waals surface area contributed by atoms with Crippen molar-refractivity contribution in [3.63, 3.8) is 0 Å². The molecule has 5 nitrogen and oxygen atoms in total. The molecule has 0 aliphatic heterocycles. The van der Waals surface area contributed by atoms with Gasteiger partial charge in [-0.05, 0) is 44.2 Å². The molecule has 0 bridgehead atoms. The van der Waals surface area contributed by atoms with Crippen molar-refractivity contribution in [3.05, 3.63) is 59.2 Å². The molecule has 0 saturated heterocycles. The first-order chi connectivity index (χ1) is 12.4. The van der Waals surface area contributed by atoms with Crippen LogP contribution >= 0.6 is 0 Å². The average molecular weight is 355 g/mol. The lowest BCUT2D eigenvalue weighted by Gasteiger charge is -2.18. The normalized spacial score (nSPS) is 10.3. The van der Waals surface area contributed by atoms with Crippen molar-refractivity contribution in [1.82, 2.24) is 4.90 Å². The number of carbonyl (C=O) groups excluding carboxylic acids is 2. The van der Waals surface area contributed by atoms with E-state index in [1.807, 2.05) is 31.2 Å². The summed E-state index contributed by atoms with van der Waals surface area (Å²) >= 11 is 0.